The summed E-state index contributed by atoms with van der Waals surface area (Å²) in [4.78, 5) is 4.48. The molecule has 0 aliphatic heterocycles. The number of ether oxygens (including phenoxy) is 1. The van der Waals surface area contributed by atoms with Gasteiger partial charge in [-0.15, -0.1) is 0 Å². The molecule has 94 valence electrons. The Morgan fingerprint density at radius 2 is 2.17 bits per heavy atom. The maximum atomic E-state index is 13.9. The fraction of sp³-hybridized carbons (Fsp3) is 0.357. The molecule has 1 aliphatic carbocycles. The molecule has 0 amide bonds. The Morgan fingerprint density at radius 1 is 1.33 bits per heavy atom. The lowest BCUT2D eigenvalue weighted by atomic mass is 10.1. The van der Waals surface area contributed by atoms with Gasteiger partial charge in [-0.05, 0) is 37.0 Å². The van der Waals surface area contributed by atoms with E-state index >= 15 is 0 Å². The minimum atomic E-state index is -0.294. The summed E-state index contributed by atoms with van der Waals surface area (Å²) in [6.45, 7) is 0. The highest BCUT2D eigenvalue weighted by atomic mass is 19.1. The number of nitrogens with one attached hydrogen (secondary N) is 1. The Balaban J connectivity index is 2.46. The Bertz CT molecular complexity index is 625. The largest absolute Gasteiger partial charge is 0.496 e. The van der Waals surface area contributed by atoms with Crippen molar-refractivity contribution in [2.45, 2.75) is 19.3 Å². The van der Waals surface area contributed by atoms with Gasteiger partial charge in [-0.25, -0.2) is 9.37 Å². The third kappa shape index (κ3) is 1.45. The van der Waals surface area contributed by atoms with Gasteiger partial charge in [-0.1, -0.05) is 0 Å². The predicted molar refractivity (Wildman–Crippen MR) is 69.8 cm³/mol. The van der Waals surface area contributed by atoms with Gasteiger partial charge in [0.15, 0.2) is 0 Å². The van der Waals surface area contributed by atoms with Crippen LogP contribution in [0.1, 0.15) is 17.7 Å². The maximum Gasteiger partial charge on any atom is 0.149 e. The van der Waals surface area contributed by atoms with Crippen LogP contribution in [0.15, 0.2) is 12.1 Å². The molecule has 0 saturated heterocycles. The van der Waals surface area contributed by atoms with Crippen molar-refractivity contribution in [3.63, 3.8) is 0 Å². The van der Waals surface area contributed by atoms with Crippen LogP contribution in [-0.2, 0) is 12.8 Å². The van der Waals surface area contributed by atoms with Gasteiger partial charge in [0.1, 0.15) is 17.1 Å². The average Bonchev–Trinajstić information content (AvgIpc) is 2.85. The highest BCUT2D eigenvalue weighted by Gasteiger charge is 2.22. The first kappa shape index (κ1) is 11.3. The molecule has 1 aromatic heterocycles. The molecular formula is C14H15FN2O. The number of pyridine rings is 1. The van der Waals surface area contributed by atoms with Crippen LogP contribution in [-0.4, -0.2) is 19.1 Å². The van der Waals surface area contributed by atoms with Gasteiger partial charge in [-0.2, -0.15) is 0 Å². The average molecular weight is 246 g/mol. The number of aryl methyl sites for hydroxylation is 1. The first-order valence-electron chi connectivity index (χ1n) is 6.12. The van der Waals surface area contributed by atoms with Crippen LogP contribution >= 0.6 is 0 Å². The Morgan fingerprint density at radius 3 is 2.89 bits per heavy atom. The molecule has 18 heavy (non-hydrogen) atoms. The van der Waals surface area contributed by atoms with Crippen LogP contribution < -0.4 is 10.1 Å². The second-order valence-electron chi connectivity index (χ2n) is 4.49. The minimum Gasteiger partial charge on any atom is -0.496 e. The van der Waals surface area contributed by atoms with E-state index in [2.05, 4.69) is 10.3 Å². The van der Waals surface area contributed by atoms with Crippen LogP contribution in [0.2, 0.25) is 0 Å². The van der Waals surface area contributed by atoms with Gasteiger partial charge in [0, 0.05) is 12.7 Å². The number of nitrogens with zero attached hydrogens (tertiary/aromatic N) is 1. The zero-order chi connectivity index (χ0) is 12.7. The first-order chi connectivity index (χ1) is 8.76. The molecule has 2 aromatic rings. The number of fused-ring (bicyclic) bond motifs is 2. The fourth-order valence-electron chi connectivity index (χ4n) is 2.75. The number of halogens is 1. The summed E-state index contributed by atoms with van der Waals surface area (Å²) in [5, 5.41) is 3.94. The molecule has 3 nitrogen and oxygen atoms in total. The van der Waals surface area contributed by atoms with Crippen molar-refractivity contribution in [2.24, 2.45) is 0 Å². The Labute approximate surface area is 105 Å². The summed E-state index contributed by atoms with van der Waals surface area (Å²) in [6.07, 6.45) is 3.00. The molecule has 1 heterocycles. The molecule has 0 saturated carbocycles. The van der Waals surface area contributed by atoms with Crippen LogP contribution in [0, 0.1) is 5.82 Å². The Kier molecular flexibility index (Phi) is 2.58. The number of hydrogen-bond donors (Lipinski definition) is 1. The number of aromatic nitrogens is 1. The van der Waals surface area contributed by atoms with Gasteiger partial charge in [0.05, 0.1) is 18.2 Å². The van der Waals surface area contributed by atoms with Crippen molar-refractivity contribution >= 4 is 16.6 Å². The zero-order valence-corrected chi connectivity index (χ0v) is 10.5. The number of rotatable bonds is 2. The van der Waals surface area contributed by atoms with Gasteiger partial charge >= 0.3 is 0 Å². The smallest absolute Gasteiger partial charge is 0.149 e. The second kappa shape index (κ2) is 4.12. The van der Waals surface area contributed by atoms with Crippen molar-refractivity contribution in [3.05, 3.63) is 29.2 Å². The molecule has 1 aliphatic rings. The van der Waals surface area contributed by atoms with E-state index in [1.807, 2.05) is 7.05 Å². The zero-order valence-electron chi connectivity index (χ0n) is 10.5. The first-order valence-corrected chi connectivity index (χ1v) is 6.12. The molecule has 0 spiro atoms. The van der Waals surface area contributed by atoms with Crippen molar-refractivity contribution in [3.8, 4) is 5.75 Å². The summed E-state index contributed by atoms with van der Waals surface area (Å²) >= 11 is 0. The number of benzene rings is 1. The summed E-state index contributed by atoms with van der Waals surface area (Å²) < 4.78 is 19.3. The molecule has 1 N–H and O–H groups in total. The summed E-state index contributed by atoms with van der Waals surface area (Å²) in [5.41, 5.74) is 3.58. The normalized spacial score (nSPS) is 13.7. The van der Waals surface area contributed by atoms with E-state index in [1.54, 1.807) is 13.2 Å². The molecule has 0 unspecified atom stereocenters. The highest BCUT2D eigenvalue weighted by Crippen LogP contribution is 2.39. The molecule has 4 heteroatoms. The van der Waals surface area contributed by atoms with E-state index in [-0.39, 0.29) is 5.82 Å². The summed E-state index contributed by atoms with van der Waals surface area (Å²) in [5.74, 6) is 0.370. The molecule has 1 aromatic carbocycles. The number of methoxy groups -OCH3 is 1. The monoisotopic (exact) mass is 246 g/mol. The van der Waals surface area contributed by atoms with Crippen molar-refractivity contribution in [2.75, 3.05) is 19.5 Å². The second-order valence-corrected chi connectivity index (χ2v) is 4.49. The van der Waals surface area contributed by atoms with E-state index in [4.69, 9.17) is 4.74 Å². The van der Waals surface area contributed by atoms with Crippen molar-refractivity contribution in [1.82, 2.24) is 4.98 Å². The minimum absolute atomic E-state index is 0.294. The summed E-state index contributed by atoms with van der Waals surface area (Å²) in [6, 6.07) is 3.07. The third-order valence-electron chi connectivity index (χ3n) is 3.55. The van der Waals surface area contributed by atoms with Gasteiger partial charge in [0.2, 0.25) is 0 Å². The number of hydrogen-bond acceptors (Lipinski definition) is 3. The molecule has 0 radical (unpaired) electrons. The molecule has 0 fully saturated rings. The van der Waals surface area contributed by atoms with E-state index in [1.165, 1.54) is 11.6 Å². The lowest BCUT2D eigenvalue weighted by molar-refractivity contribution is 0.419. The highest BCUT2D eigenvalue weighted by molar-refractivity contribution is 5.98. The van der Waals surface area contributed by atoms with E-state index in [9.17, 15) is 4.39 Å². The summed E-state index contributed by atoms with van der Waals surface area (Å²) in [7, 11) is 3.46. The standard InChI is InChI=1S/C14H15FN2O/c1-16-13-8-4-3-5-10(8)17-14-9(15)6-7-11(18-2)12(13)14/h6-7H,3-5H2,1-2H3,(H,16,17). The number of anilines is 1. The van der Waals surface area contributed by atoms with Crippen LogP contribution in [0.3, 0.4) is 0 Å². The Hall–Kier alpha value is -1.84. The lowest BCUT2D eigenvalue weighted by Gasteiger charge is -2.14. The molecule has 3 rings (SSSR count). The van der Waals surface area contributed by atoms with Crippen LogP contribution in [0.4, 0.5) is 10.1 Å². The van der Waals surface area contributed by atoms with Crippen LogP contribution in [0.25, 0.3) is 10.9 Å². The van der Waals surface area contributed by atoms with E-state index in [0.29, 0.717) is 11.3 Å². The van der Waals surface area contributed by atoms with Crippen LogP contribution in [0.5, 0.6) is 5.75 Å². The van der Waals surface area contributed by atoms with E-state index < -0.39 is 0 Å². The third-order valence-corrected chi connectivity index (χ3v) is 3.55. The van der Waals surface area contributed by atoms with Gasteiger partial charge in [-0.3, -0.25) is 0 Å². The van der Waals surface area contributed by atoms with Crippen molar-refractivity contribution < 1.29 is 9.13 Å². The fourth-order valence-corrected chi connectivity index (χ4v) is 2.75. The van der Waals surface area contributed by atoms with Gasteiger partial charge < -0.3 is 10.1 Å². The molecule has 0 atom stereocenters. The van der Waals surface area contributed by atoms with Gasteiger partial charge in [0.25, 0.3) is 0 Å². The molecule has 0 bridgehead atoms. The molecular weight excluding hydrogens is 231 g/mol. The van der Waals surface area contributed by atoms with E-state index in [0.717, 1.165) is 36.0 Å². The maximum absolute atomic E-state index is 13.9. The lowest BCUT2D eigenvalue weighted by Crippen LogP contribution is -2.02. The quantitative estimate of drug-likeness (QED) is 0.884. The van der Waals surface area contributed by atoms with Crippen molar-refractivity contribution in [1.29, 1.82) is 0 Å². The predicted octanol–water partition coefficient (Wildman–Crippen LogP) is 2.91. The topological polar surface area (TPSA) is 34.2 Å². The SMILES string of the molecule is CNc1c2c(nc3c(F)ccc(OC)c13)CCC2.